The third kappa shape index (κ3) is 5.51. The van der Waals surface area contributed by atoms with Gasteiger partial charge in [-0.3, -0.25) is 14.5 Å². The van der Waals surface area contributed by atoms with Gasteiger partial charge in [0.1, 0.15) is 5.75 Å². The van der Waals surface area contributed by atoms with E-state index in [9.17, 15) is 9.59 Å². The quantitative estimate of drug-likeness (QED) is 0.529. The number of carbonyl (C=O) groups excluding carboxylic acids is 2. The first kappa shape index (κ1) is 22.4. The lowest BCUT2D eigenvalue weighted by molar-refractivity contribution is -0.120. The Balaban J connectivity index is 1.65. The lowest BCUT2D eigenvalue weighted by Gasteiger charge is -2.16. The van der Waals surface area contributed by atoms with E-state index in [1.807, 2.05) is 80.6 Å². The number of nitrogens with two attached hydrogens (primary N) is 1. The predicted molar refractivity (Wildman–Crippen MR) is 134 cm³/mol. The molecule has 0 aliphatic carbocycles. The van der Waals surface area contributed by atoms with Crippen LogP contribution in [0.25, 0.3) is 6.08 Å². The Labute approximate surface area is 196 Å². The number of aryl methyl sites for hydroxylation is 2. The number of amides is 2. The van der Waals surface area contributed by atoms with Crippen molar-refractivity contribution in [2.45, 2.75) is 13.8 Å². The van der Waals surface area contributed by atoms with E-state index in [-0.39, 0.29) is 12.5 Å². The Bertz CT molecular complexity index is 1230. The molecule has 2 N–H and O–H groups in total. The van der Waals surface area contributed by atoms with E-state index < -0.39 is 5.91 Å². The predicted octanol–water partition coefficient (Wildman–Crippen LogP) is 4.98. The van der Waals surface area contributed by atoms with Crippen molar-refractivity contribution < 1.29 is 14.3 Å². The molecule has 0 atom stereocenters. The summed E-state index contributed by atoms with van der Waals surface area (Å²) >= 11 is 1.33. The summed E-state index contributed by atoms with van der Waals surface area (Å²) in [4.78, 5) is 31.2. The second kappa shape index (κ2) is 9.75. The summed E-state index contributed by atoms with van der Waals surface area (Å²) in [6, 6.07) is 22.8. The molecule has 0 unspecified atom stereocenters. The number of aliphatic imine (C=N–C) groups is 1. The maximum absolute atomic E-state index is 13.4. The number of benzene rings is 3. The van der Waals surface area contributed by atoms with Crippen LogP contribution in [0.5, 0.6) is 5.75 Å². The van der Waals surface area contributed by atoms with Crippen LogP contribution in [0.15, 0.2) is 82.7 Å². The van der Waals surface area contributed by atoms with Crippen LogP contribution in [0.4, 0.5) is 11.4 Å². The van der Waals surface area contributed by atoms with Crippen LogP contribution in [0.1, 0.15) is 16.7 Å². The summed E-state index contributed by atoms with van der Waals surface area (Å²) in [5, 5.41) is 0.598. The fourth-order valence-electron chi connectivity index (χ4n) is 3.17. The number of ether oxygens (including phenoxy) is 1. The average Bonchev–Trinajstić information content (AvgIpc) is 3.10. The third-order valence-corrected chi connectivity index (χ3v) is 5.89. The highest BCUT2D eigenvalue weighted by atomic mass is 32.2. The summed E-state index contributed by atoms with van der Waals surface area (Å²) in [5.74, 6) is -0.140. The van der Waals surface area contributed by atoms with Gasteiger partial charge in [0, 0.05) is 0 Å². The normalized spacial score (nSPS) is 15.9. The van der Waals surface area contributed by atoms with Crippen LogP contribution in [0.2, 0.25) is 0 Å². The Kier molecular flexibility index (Phi) is 6.60. The minimum absolute atomic E-state index is 0.135. The first-order valence-electron chi connectivity index (χ1n) is 10.4. The van der Waals surface area contributed by atoms with Gasteiger partial charge in [-0.25, -0.2) is 4.99 Å². The molecular weight excluding hydrogens is 434 g/mol. The van der Waals surface area contributed by atoms with Crippen molar-refractivity contribution in [3.63, 3.8) is 0 Å². The van der Waals surface area contributed by atoms with Crippen LogP contribution in [-0.4, -0.2) is 23.6 Å². The van der Waals surface area contributed by atoms with Crippen molar-refractivity contribution in [3.8, 4) is 5.75 Å². The Hall–Kier alpha value is -3.84. The molecule has 1 saturated heterocycles. The van der Waals surface area contributed by atoms with Gasteiger partial charge in [-0.1, -0.05) is 47.5 Å². The zero-order valence-corrected chi connectivity index (χ0v) is 19.1. The molecule has 6 nitrogen and oxygen atoms in total. The number of hydrogen-bond acceptors (Lipinski definition) is 5. The van der Waals surface area contributed by atoms with Crippen molar-refractivity contribution >= 4 is 46.2 Å². The van der Waals surface area contributed by atoms with E-state index in [4.69, 9.17) is 15.5 Å². The van der Waals surface area contributed by atoms with Crippen molar-refractivity contribution in [3.05, 3.63) is 94.4 Å². The second-order valence-corrected chi connectivity index (χ2v) is 8.65. The first-order valence-corrected chi connectivity index (χ1v) is 11.2. The monoisotopic (exact) mass is 457 g/mol. The molecule has 0 bridgehead atoms. The van der Waals surface area contributed by atoms with E-state index in [2.05, 4.69) is 0 Å². The minimum atomic E-state index is -0.536. The first-order chi connectivity index (χ1) is 15.9. The highest BCUT2D eigenvalue weighted by Gasteiger charge is 2.34. The summed E-state index contributed by atoms with van der Waals surface area (Å²) < 4.78 is 5.30. The number of amidine groups is 1. The fourth-order valence-corrected chi connectivity index (χ4v) is 4.17. The highest BCUT2D eigenvalue weighted by molar-refractivity contribution is 8.19. The Morgan fingerprint density at radius 2 is 1.58 bits per heavy atom. The molecule has 7 heteroatoms. The minimum Gasteiger partial charge on any atom is -0.484 e. The zero-order chi connectivity index (χ0) is 23.4. The lowest BCUT2D eigenvalue weighted by atomic mass is 10.2. The lowest BCUT2D eigenvalue weighted by Crippen LogP contribution is -2.28. The van der Waals surface area contributed by atoms with Crippen LogP contribution in [0.3, 0.4) is 0 Å². The molecule has 0 saturated carbocycles. The van der Waals surface area contributed by atoms with Gasteiger partial charge in [-0.2, -0.15) is 0 Å². The van der Waals surface area contributed by atoms with E-state index in [0.29, 0.717) is 15.8 Å². The van der Waals surface area contributed by atoms with Crippen molar-refractivity contribution in [2.75, 3.05) is 11.5 Å². The molecule has 33 heavy (non-hydrogen) atoms. The van der Waals surface area contributed by atoms with E-state index in [0.717, 1.165) is 28.1 Å². The van der Waals surface area contributed by atoms with Gasteiger partial charge < -0.3 is 10.5 Å². The van der Waals surface area contributed by atoms with Crippen molar-refractivity contribution in [1.82, 2.24) is 0 Å². The Morgan fingerprint density at radius 3 is 2.18 bits per heavy atom. The van der Waals surface area contributed by atoms with E-state index in [1.165, 1.54) is 11.8 Å². The van der Waals surface area contributed by atoms with Gasteiger partial charge in [0.05, 0.1) is 16.3 Å². The molecule has 0 aromatic heterocycles. The molecule has 3 aromatic rings. The van der Waals surface area contributed by atoms with Gasteiger partial charge in [-0.05, 0) is 73.6 Å². The van der Waals surface area contributed by atoms with Crippen LogP contribution in [0, 0.1) is 13.8 Å². The summed E-state index contributed by atoms with van der Waals surface area (Å²) in [6.45, 7) is 3.85. The SMILES string of the molecule is Cc1ccc(N=C2S/C(=C/c3ccc(OCC(N)=O)cc3)C(=O)N2c2ccc(C)cc2)cc1. The molecule has 1 fully saturated rings. The fraction of sp³-hybridized carbons (Fsp3) is 0.115. The topological polar surface area (TPSA) is 85.0 Å². The number of anilines is 1. The van der Waals surface area contributed by atoms with E-state index >= 15 is 0 Å². The van der Waals surface area contributed by atoms with Crippen molar-refractivity contribution in [1.29, 1.82) is 0 Å². The molecule has 4 rings (SSSR count). The number of primary amides is 1. The standard InChI is InChI=1S/C26H23N3O3S/c1-17-3-9-20(10-4-17)28-26-29(21-11-5-18(2)6-12-21)25(31)23(33-26)15-19-7-13-22(14-8-19)32-16-24(27)30/h3-15H,16H2,1-2H3,(H2,27,30)/b23-15+,28-26?. The molecule has 0 spiro atoms. The number of thioether (sulfide) groups is 1. The summed E-state index contributed by atoms with van der Waals surface area (Å²) in [5.41, 5.74) is 9.75. The molecule has 166 valence electrons. The Morgan fingerprint density at radius 1 is 0.970 bits per heavy atom. The zero-order valence-electron chi connectivity index (χ0n) is 18.3. The van der Waals surface area contributed by atoms with Gasteiger partial charge in [0.15, 0.2) is 11.8 Å². The molecular formula is C26H23N3O3S. The highest BCUT2D eigenvalue weighted by Crippen LogP contribution is 2.37. The number of hydrogen-bond donors (Lipinski definition) is 1. The molecule has 1 heterocycles. The van der Waals surface area contributed by atoms with Crippen molar-refractivity contribution in [2.24, 2.45) is 10.7 Å². The van der Waals surface area contributed by atoms with Crippen LogP contribution in [-0.2, 0) is 9.59 Å². The average molecular weight is 458 g/mol. The summed E-state index contributed by atoms with van der Waals surface area (Å²) in [6.07, 6.45) is 1.82. The van der Waals surface area contributed by atoms with Gasteiger partial charge in [0.2, 0.25) is 0 Å². The number of rotatable bonds is 6. The maximum atomic E-state index is 13.4. The van der Waals surface area contributed by atoms with Crippen LogP contribution < -0.4 is 15.4 Å². The third-order valence-electron chi connectivity index (χ3n) is 4.92. The molecule has 1 aliphatic rings. The number of carbonyl (C=O) groups is 2. The van der Waals surface area contributed by atoms with Gasteiger partial charge in [-0.15, -0.1) is 0 Å². The molecule has 2 amide bonds. The molecule has 3 aromatic carbocycles. The van der Waals surface area contributed by atoms with Gasteiger partial charge >= 0.3 is 0 Å². The second-order valence-electron chi connectivity index (χ2n) is 7.64. The van der Waals surface area contributed by atoms with E-state index in [1.54, 1.807) is 17.0 Å². The number of nitrogens with zero attached hydrogens (tertiary/aromatic N) is 2. The van der Waals surface area contributed by atoms with Gasteiger partial charge in [0.25, 0.3) is 11.8 Å². The molecule has 1 aliphatic heterocycles. The smallest absolute Gasteiger partial charge is 0.271 e. The molecule has 0 radical (unpaired) electrons. The maximum Gasteiger partial charge on any atom is 0.271 e. The summed E-state index contributed by atoms with van der Waals surface area (Å²) in [7, 11) is 0. The van der Waals surface area contributed by atoms with Crippen LogP contribution >= 0.6 is 11.8 Å². The largest absolute Gasteiger partial charge is 0.484 e.